The molecule has 1 atom stereocenters. The van der Waals surface area contributed by atoms with Crippen LogP contribution in [0.4, 0.5) is 0 Å². The van der Waals surface area contributed by atoms with Crippen LogP contribution in [0.2, 0.25) is 0 Å². The van der Waals surface area contributed by atoms with Crippen LogP contribution < -0.4 is 0 Å². The lowest BCUT2D eigenvalue weighted by molar-refractivity contribution is -0.171. The Labute approximate surface area is 138 Å². The van der Waals surface area contributed by atoms with Gasteiger partial charge in [-0.15, -0.1) is 0 Å². The van der Waals surface area contributed by atoms with Crippen molar-refractivity contribution in [3.8, 4) is 0 Å². The summed E-state index contributed by atoms with van der Waals surface area (Å²) in [6.45, 7) is 2.21. The molecule has 0 saturated heterocycles. The molecule has 0 rings (SSSR count). The van der Waals surface area contributed by atoms with Gasteiger partial charge in [0.25, 0.3) is 0 Å². The minimum Gasteiger partial charge on any atom is -0.479 e. The maximum atomic E-state index is 11.3. The zero-order chi connectivity index (χ0) is 17.5. The average Bonchev–Trinajstić information content (AvgIpc) is 2.51. The zero-order valence-electron chi connectivity index (χ0n) is 14.1. The Kier molecular flexibility index (Phi) is 13.3. The molecular formula is C17H30O6. The van der Waals surface area contributed by atoms with Gasteiger partial charge in [0, 0.05) is 6.42 Å². The van der Waals surface area contributed by atoms with Crippen LogP contribution in [-0.4, -0.2) is 34.2 Å². The summed E-state index contributed by atoms with van der Waals surface area (Å²) in [5.74, 6) is -3.94. The Morgan fingerprint density at radius 1 is 0.826 bits per heavy atom. The lowest BCUT2D eigenvalue weighted by atomic mass is 10.1. The Morgan fingerprint density at radius 2 is 1.26 bits per heavy atom. The van der Waals surface area contributed by atoms with Crippen LogP contribution in [0.5, 0.6) is 0 Å². The first-order chi connectivity index (χ1) is 11.0. The van der Waals surface area contributed by atoms with E-state index in [1.54, 1.807) is 0 Å². The van der Waals surface area contributed by atoms with Gasteiger partial charge in [0.05, 0.1) is 0 Å². The Hall–Kier alpha value is -1.43. The molecular weight excluding hydrogens is 300 g/mol. The molecule has 0 bridgehead atoms. The SMILES string of the molecule is CCCCCCCCCCCCCC(=O)OC(=O)C(O)C(=O)O. The van der Waals surface area contributed by atoms with Gasteiger partial charge in [-0.05, 0) is 6.42 Å². The number of hydrogen-bond donors (Lipinski definition) is 2. The highest BCUT2D eigenvalue weighted by molar-refractivity contribution is 6.00. The number of aliphatic hydroxyl groups is 1. The van der Waals surface area contributed by atoms with Crippen molar-refractivity contribution in [2.24, 2.45) is 0 Å². The van der Waals surface area contributed by atoms with Crippen LogP contribution in [0.25, 0.3) is 0 Å². The first kappa shape index (κ1) is 21.6. The maximum Gasteiger partial charge on any atom is 0.354 e. The van der Waals surface area contributed by atoms with Gasteiger partial charge in [-0.2, -0.15) is 0 Å². The van der Waals surface area contributed by atoms with Crippen molar-refractivity contribution in [3.05, 3.63) is 0 Å². The normalized spacial score (nSPS) is 11.9. The van der Waals surface area contributed by atoms with Gasteiger partial charge < -0.3 is 14.9 Å². The summed E-state index contributed by atoms with van der Waals surface area (Å²) in [4.78, 5) is 32.6. The second-order valence-electron chi connectivity index (χ2n) is 5.82. The lowest BCUT2D eigenvalue weighted by Crippen LogP contribution is -2.32. The van der Waals surface area contributed by atoms with Gasteiger partial charge in [-0.3, -0.25) is 4.79 Å². The fraction of sp³-hybridized carbons (Fsp3) is 0.824. The molecule has 0 amide bonds. The summed E-state index contributed by atoms with van der Waals surface area (Å²) in [6, 6.07) is 0. The Bertz CT molecular complexity index is 353. The minimum absolute atomic E-state index is 0.0646. The largest absolute Gasteiger partial charge is 0.479 e. The Balaban J connectivity index is 3.42. The van der Waals surface area contributed by atoms with Gasteiger partial charge in [0.1, 0.15) is 0 Å². The van der Waals surface area contributed by atoms with Gasteiger partial charge >= 0.3 is 17.9 Å². The molecule has 0 aliphatic rings. The third kappa shape index (κ3) is 12.8. The molecule has 0 radical (unpaired) electrons. The molecule has 134 valence electrons. The van der Waals surface area contributed by atoms with Crippen LogP contribution in [0, 0.1) is 0 Å². The van der Waals surface area contributed by atoms with Crippen LogP contribution in [0.3, 0.4) is 0 Å². The molecule has 0 aliphatic carbocycles. The lowest BCUT2D eigenvalue weighted by Gasteiger charge is -2.05. The highest BCUT2D eigenvalue weighted by Crippen LogP contribution is 2.12. The van der Waals surface area contributed by atoms with E-state index in [9.17, 15) is 14.4 Å². The van der Waals surface area contributed by atoms with E-state index in [1.807, 2.05) is 0 Å². The van der Waals surface area contributed by atoms with E-state index in [0.717, 1.165) is 19.3 Å². The quantitative estimate of drug-likeness (QED) is 0.288. The molecule has 2 N–H and O–H groups in total. The van der Waals surface area contributed by atoms with Gasteiger partial charge in [-0.1, -0.05) is 71.1 Å². The summed E-state index contributed by atoms with van der Waals surface area (Å²) in [6.07, 6.45) is 10.4. The van der Waals surface area contributed by atoms with Crippen molar-refractivity contribution < 1.29 is 29.3 Å². The molecule has 0 heterocycles. The number of aliphatic carboxylic acids is 1. The Morgan fingerprint density at radius 3 is 1.70 bits per heavy atom. The van der Waals surface area contributed by atoms with E-state index < -0.39 is 24.0 Å². The van der Waals surface area contributed by atoms with Crippen molar-refractivity contribution in [1.29, 1.82) is 0 Å². The highest BCUT2D eigenvalue weighted by atomic mass is 16.6. The number of unbranched alkanes of at least 4 members (excludes halogenated alkanes) is 10. The number of hydrogen-bond acceptors (Lipinski definition) is 5. The monoisotopic (exact) mass is 330 g/mol. The van der Waals surface area contributed by atoms with Crippen LogP contribution >= 0.6 is 0 Å². The van der Waals surface area contributed by atoms with Gasteiger partial charge in [0.15, 0.2) is 0 Å². The van der Waals surface area contributed by atoms with Crippen molar-refractivity contribution in [2.45, 2.75) is 90.1 Å². The van der Waals surface area contributed by atoms with E-state index in [2.05, 4.69) is 11.7 Å². The minimum atomic E-state index is -2.30. The van der Waals surface area contributed by atoms with E-state index in [1.165, 1.54) is 44.9 Å². The van der Waals surface area contributed by atoms with Gasteiger partial charge in [0.2, 0.25) is 6.10 Å². The summed E-state index contributed by atoms with van der Waals surface area (Å²) < 4.78 is 4.26. The summed E-state index contributed by atoms with van der Waals surface area (Å²) >= 11 is 0. The van der Waals surface area contributed by atoms with Crippen LogP contribution in [-0.2, 0) is 19.1 Å². The van der Waals surface area contributed by atoms with Crippen molar-refractivity contribution in [2.75, 3.05) is 0 Å². The smallest absolute Gasteiger partial charge is 0.354 e. The van der Waals surface area contributed by atoms with Crippen molar-refractivity contribution in [3.63, 3.8) is 0 Å². The van der Waals surface area contributed by atoms with E-state index in [0.29, 0.717) is 6.42 Å². The predicted molar refractivity (Wildman–Crippen MR) is 85.8 cm³/mol. The summed E-state index contributed by atoms with van der Waals surface area (Å²) in [5, 5.41) is 17.3. The second-order valence-corrected chi connectivity index (χ2v) is 5.82. The van der Waals surface area contributed by atoms with E-state index >= 15 is 0 Å². The maximum absolute atomic E-state index is 11.3. The first-order valence-electron chi connectivity index (χ1n) is 8.64. The molecule has 6 nitrogen and oxygen atoms in total. The molecule has 0 spiro atoms. The standard InChI is InChI=1S/C17H30O6/c1-2-3-4-5-6-7-8-9-10-11-12-13-14(18)23-17(22)15(19)16(20)21/h15,19H,2-13H2,1H3,(H,20,21). The topological polar surface area (TPSA) is 101 Å². The second kappa shape index (κ2) is 14.2. The third-order valence-electron chi connectivity index (χ3n) is 3.66. The van der Waals surface area contributed by atoms with Crippen molar-refractivity contribution in [1.82, 2.24) is 0 Å². The molecule has 0 saturated carbocycles. The molecule has 0 aromatic rings. The fourth-order valence-corrected chi connectivity index (χ4v) is 2.25. The number of aliphatic hydroxyl groups excluding tert-OH is 1. The fourth-order valence-electron chi connectivity index (χ4n) is 2.25. The number of rotatable bonds is 14. The van der Waals surface area contributed by atoms with Crippen LogP contribution in [0.15, 0.2) is 0 Å². The highest BCUT2D eigenvalue weighted by Gasteiger charge is 2.26. The van der Waals surface area contributed by atoms with E-state index in [4.69, 9.17) is 10.2 Å². The molecule has 0 aliphatic heterocycles. The number of esters is 2. The first-order valence-corrected chi connectivity index (χ1v) is 8.64. The molecule has 23 heavy (non-hydrogen) atoms. The molecule has 0 aromatic heterocycles. The predicted octanol–water partition coefficient (Wildman–Crippen LogP) is 3.20. The number of carboxylic acids is 1. The third-order valence-corrected chi connectivity index (χ3v) is 3.66. The number of carboxylic acid groups (broad SMARTS) is 1. The van der Waals surface area contributed by atoms with E-state index in [-0.39, 0.29) is 6.42 Å². The van der Waals surface area contributed by atoms with Gasteiger partial charge in [-0.25, -0.2) is 9.59 Å². The summed E-state index contributed by atoms with van der Waals surface area (Å²) in [5.41, 5.74) is 0. The number of carbonyl (C=O) groups is 3. The average molecular weight is 330 g/mol. The number of carbonyl (C=O) groups excluding carboxylic acids is 2. The molecule has 6 heteroatoms. The van der Waals surface area contributed by atoms with Crippen LogP contribution in [0.1, 0.15) is 84.0 Å². The molecule has 0 fully saturated rings. The summed E-state index contributed by atoms with van der Waals surface area (Å²) in [7, 11) is 0. The van der Waals surface area contributed by atoms with Crippen molar-refractivity contribution >= 4 is 17.9 Å². The number of ether oxygens (including phenoxy) is 1. The molecule has 1 unspecified atom stereocenters. The zero-order valence-corrected chi connectivity index (χ0v) is 14.1. The molecule has 0 aromatic carbocycles.